The summed E-state index contributed by atoms with van der Waals surface area (Å²) in [6, 6.07) is 10.7. The predicted molar refractivity (Wildman–Crippen MR) is 87.0 cm³/mol. The van der Waals surface area contributed by atoms with Gasteiger partial charge in [-0.1, -0.05) is 12.1 Å². The number of hydrogen-bond donors (Lipinski definition) is 2. The van der Waals surface area contributed by atoms with Crippen LogP contribution < -0.4 is 10.6 Å². The maximum atomic E-state index is 12.2. The van der Waals surface area contributed by atoms with Gasteiger partial charge in [-0.3, -0.25) is 19.7 Å². The Balaban J connectivity index is 2.27. The fourth-order valence-electron chi connectivity index (χ4n) is 2.05. The molecular weight excluding hydrogens is 298 g/mol. The minimum absolute atomic E-state index is 0.116. The second-order valence-corrected chi connectivity index (χ2v) is 4.83. The molecule has 7 heteroatoms. The van der Waals surface area contributed by atoms with Crippen LogP contribution in [-0.4, -0.2) is 23.7 Å². The highest BCUT2D eigenvalue weighted by molar-refractivity contribution is 6.05. The van der Waals surface area contributed by atoms with E-state index < -0.39 is 10.8 Å². The van der Waals surface area contributed by atoms with E-state index in [2.05, 4.69) is 10.6 Å². The van der Waals surface area contributed by atoms with Crippen LogP contribution in [0, 0.1) is 10.1 Å². The summed E-state index contributed by atoms with van der Waals surface area (Å²) in [5.74, 6) is -0.605. The molecule has 0 aliphatic carbocycles. The Morgan fingerprint density at radius 3 is 2.43 bits per heavy atom. The number of nitrogens with zero attached hydrogens (tertiary/aromatic N) is 1. The van der Waals surface area contributed by atoms with Crippen LogP contribution in [0.25, 0.3) is 0 Å². The molecule has 0 aromatic heterocycles. The molecule has 1 amide bonds. The normalized spacial score (nSPS) is 10.0. The van der Waals surface area contributed by atoms with Crippen molar-refractivity contribution in [3.63, 3.8) is 0 Å². The number of rotatable bonds is 5. The summed E-state index contributed by atoms with van der Waals surface area (Å²) < 4.78 is 0. The highest BCUT2D eigenvalue weighted by Crippen LogP contribution is 2.25. The van der Waals surface area contributed by atoms with Crippen LogP contribution in [0.1, 0.15) is 27.6 Å². The lowest BCUT2D eigenvalue weighted by Crippen LogP contribution is -2.13. The third kappa shape index (κ3) is 3.70. The van der Waals surface area contributed by atoms with Crippen molar-refractivity contribution in [2.45, 2.75) is 6.92 Å². The van der Waals surface area contributed by atoms with Crippen LogP contribution in [0.5, 0.6) is 0 Å². The van der Waals surface area contributed by atoms with E-state index in [0.29, 0.717) is 16.9 Å². The number of nitro groups is 1. The molecule has 23 heavy (non-hydrogen) atoms. The summed E-state index contributed by atoms with van der Waals surface area (Å²) in [7, 11) is 1.56. The number of anilines is 2. The zero-order valence-corrected chi connectivity index (χ0v) is 12.6. The molecule has 2 N–H and O–H groups in total. The first-order valence-electron chi connectivity index (χ1n) is 6.81. The van der Waals surface area contributed by atoms with Crippen molar-refractivity contribution in [1.29, 1.82) is 0 Å². The third-order valence-electron chi connectivity index (χ3n) is 3.25. The van der Waals surface area contributed by atoms with E-state index in [1.807, 2.05) is 0 Å². The summed E-state index contributed by atoms with van der Waals surface area (Å²) >= 11 is 0. The minimum Gasteiger partial charge on any atom is -0.383 e. The third-order valence-corrected chi connectivity index (χ3v) is 3.25. The molecule has 0 aliphatic rings. The van der Waals surface area contributed by atoms with Crippen molar-refractivity contribution in [3.8, 4) is 0 Å². The molecule has 0 spiro atoms. The van der Waals surface area contributed by atoms with E-state index in [1.165, 1.54) is 25.1 Å². The number of benzene rings is 2. The molecule has 0 unspecified atom stereocenters. The molecule has 7 nitrogen and oxygen atoms in total. The summed E-state index contributed by atoms with van der Waals surface area (Å²) in [4.78, 5) is 34.1. The van der Waals surface area contributed by atoms with Crippen LogP contribution in [0.15, 0.2) is 42.5 Å². The second-order valence-electron chi connectivity index (χ2n) is 4.83. The summed E-state index contributed by atoms with van der Waals surface area (Å²) in [5.41, 5.74) is 1.22. The van der Waals surface area contributed by atoms with Gasteiger partial charge in [0, 0.05) is 29.9 Å². The average Bonchev–Trinajstić information content (AvgIpc) is 2.54. The van der Waals surface area contributed by atoms with Gasteiger partial charge in [0.25, 0.3) is 11.6 Å². The Morgan fingerprint density at radius 1 is 1.09 bits per heavy atom. The lowest BCUT2D eigenvalue weighted by Gasteiger charge is -2.08. The fraction of sp³-hybridized carbons (Fsp3) is 0.125. The molecule has 2 rings (SSSR count). The van der Waals surface area contributed by atoms with Crippen molar-refractivity contribution in [2.24, 2.45) is 0 Å². The maximum absolute atomic E-state index is 12.2. The number of ketones is 1. The van der Waals surface area contributed by atoms with Crippen LogP contribution >= 0.6 is 0 Å². The number of Topliss-reactive ketones (excluding diaryl/α,β-unsaturated/α-hetero) is 1. The number of nitrogens with one attached hydrogen (secondary N) is 2. The summed E-state index contributed by atoms with van der Waals surface area (Å²) in [6.45, 7) is 1.43. The van der Waals surface area contributed by atoms with Gasteiger partial charge in [0.15, 0.2) is 5.78 Å². The largest absolute Gasteiger partial charge is 0.383 e. The van der Waals surface area contributed by atoms with Gasteiger partial charge < -0.3 is 10.6 Å². The predicted octanol–water partition coefficient (Wildman–Crippen LogP) is 3.09. The van der Waals surface area contributed by atoms with E-state index in [1.54, 1.807) is 31.3 Å². The van der Waals surface area contributed by atoms with E-state index in [-0.39, 0.29) is 17.0 Å². The Morgan fingerprint density at radius 2 is 1.83 bits per heavy atom. The van der Waals surface area contributed by atoms with Gasteiger partial charge >= 0.3 is 0 Å². The van der Waals surface area contributed by atoms with Gasteiger partial charge in [-0.05, 0) is 31.2 Å². The molecule has 0 heterocycles. The molecule has 118 valence electrons. The molecule has 2 aromatic carbocycles. The van der Waals surface area contributed by atoms with Gasteiger partial charge in [-0.15, -0.1) is 0 Å². The van der Waals surface area contributed by atoms with Crippen LogP contribution in [0.3, 0.4) is 0 Å². The zero-order chi connectivity index (χ0) is 17.0. The monoisotopic (exact) mass is 313 g/mol. The van der Waals surface area contributed by atoms with Crippen LogP contribution in [0.2, 0.25) is 0 Å². The van der Waals surface area contributed by atoms with Gasteiger partial charge in [0.1, 0.15) is 5.69 Å². The first-order chi connectivity index (χ1) is 10.9. The molecule has 0 fully saturated rings. The van der Waals surface area contributed by atoms with Crippen LogP contribution in [0.4, 0.5) is 17.1 Å². The highest BCUT2D eigenvalue weighted by Gasteiger charge is 2.17. The second kappa shape index (κ2) is 6.69. The fourth-order valence-corrected chi connectivity index (χ4v) is 2.05. The minimum atomic E-state index is -0.557. The van der Waals surface area contributed by atoms with Gasteiger partial charge in [0.05, 0.1) is 4.92 Å². The molecule has 0 saturated carbocycles. The zero-order valence-electron chi connectivity index (χ0n) is 12.6. The topological polar surface area (TPSA) is 101 Å². The van der Waals surface area contributed by atoms with Gasteiger partial charge in [-0.2, -0.15) is 0 Å². The molecule has 2 aromatic rings. The Bertz CT molecular complexity index is 787. The Hall–Kier alpha value is -3.22. The van der Waals surface area contributed by atoms with Crippen molar-refractivity contribution >= 4 is 28.8 Å². The van der Waals surface area contributed by atoms with Gasteiger partial charge in [0.2, 0.25) is 0 Å². The van der Waals surface area contributed by atoms with Crippen LogP contribution in [-0.2, 0) is 0 Å². The van der Waals surface area contributed by atoms with Crippen molar-refractivity contribution in [1.82, 2.24) is 0 Å². The number of carbonyl (C=O) groups is 2. The summed E-state index contributed by atoms with van der Waals surface area (Å²) in [6.07, 6.45) is 0. The quantitative estimate of drug-likeness (QED) is 0.502. The van der Waals surface area contributed by atoms with E-state index >= 15 is 0 Å². The van der Waals surface area contributed by atoms with E-state index in [9.17, 15) is 19.7 Å². The van der Waals surface area contributed by atoms with Gasteiger partial charge in [-0.25, -0.2) is 0 Å². The molecule has 0 atom stereocenters. The molecular formula is C16H15N3O4. The SMILES string of the molecule is CNc1ccc(C(=O)Nc2cccc(C(C)=O)c2)cc1[N+](=O)[O-]. The molecule has 0 saturated heterocycles. The average molecular weight is 313 g/mol. The summed E-state index contributed by atoms with van der Waals surface area (Å²) in [5, 5.41) is 16.4. The van der Waals surface area contributed by atoms with Crippen molar-refractivity contribution in [3.05, 3.63) is 63.7 Å². The number of nitro benzene ring substituents is 1. The molecule has 0 aliphatic heterocycles. The first-order valence-corrected chi connectivity index (χ1v) is 6.81. The number of carbonyl (C=O) groups excluding carboxylic acids is 2. The maximum Gasteiger partial charge on any atom is 0.293 e. The lowest BCUT2D eigenvalue weighted by atomic mass is 10.1. The van der Waals surface area contributed by atoms with Crippen molar-refractivity contribution < 1.29 is 14.5 Å². The van der Waals surface area contributed by atoms with Crippen molar-refractivity contribution in [2.75, 3.05) is 17.7 Å². The highest BCUT2D eigenvalue weighted by atomic mass is 16.6. The first kappa shape index (κ1) is 16.2. The number of amides is 1. The molecule has 0 radical (unpaired) electrons. The molecule has 0 bridgehead atoms. The Kier molecular flexibility index (Phi) is 4.70. The number of hydrogen-bond acceptors (Lipinski definition) is 5. The smallest absolute Gasteiger partial charge is 0.293 e. The van der Waals surface area contributed by atoms with E-state index in [4.69, 9.17) is 0 Å². The Labute approximate surface area is 132 Å². The lowest BCUT2D eigenvalue weighted by molar-refractivity contribution is -0.384. The standard InChI is InChI=1S/C16H15N3O4/c1-10(20)11-4-3-5-13(8-11)18-16(21)12-6-7-14(17-2)15(9-12)19(22)23/h3-9,17H,1-2H3,(H,18,21). The van der Waals surface area contributed by atoms with E-state index in [0.717, 1.165) is 0 Å².